The van der Waals surface area contributed by atoms with Crippen molar-refractivity contribution in [2.75, 3.05) is 45.9 Å². The maximum atomic E-state index is 13.8. The van der Waals surface area contributed by atoms with Gasteiger partial charge in [0.25, 0.3) is 0 Å². The molecule has 2 bridgehead atoms. The Labute approximate surface area is 301 Å². The highest BCUT2D eigenvalue weighted by Crippen LogP contribution is 2.36. The summed E-state index contributed by atoms with van der Waals surface area (Å²) in [7, 11) is 4.66. The van der Waals surface area contributed by atoms with Crippen molar-refractivity contribution in [1.29, 1.82) is 0 Å². The van der Waals surface area contributed by atoms with E-state index in [1.54, 1.807) is 61.6 Å². The fourth-order valence-electron chi connectivity index (χ4n) is 6.55. The Hall–Kier alpha value is -4.51. The first kappa shape index (κ1) is 35.3. The number of anilines is 1. The molecule has 4 aromatic rings. The van der Waals surface area contributed by atoms with E-state index < -0.39 is 18.2 Å². The smallest absolute Gasteiger partial charge is 0.414 e. The van der Waals surface area contributed by atoms with Crippen LogP contribution in [0.3, 0.4) is 0 Å². The fraction of sp³-hybridized carbons (Fsp3) is 0.342. The standard InChI is InChI=1S/C38H39Cl2N3O7/c1-46-29-9-5-8-28(18-29)43(38(45)50-36-23-42-14-12-25(36)13-15-42)22-24-6-4-7-27(16-24)37(44)49-34(19-30-31(39)20-41-21-32(30)40)26-10-11-33(47-2)35(17-26)48-3/h4-11,16-18,20-21,25,34,36H,12-15,19,22-23H2,1-3H3/t34-,36-/m0/s1. The second-order valence-corrected chi connectivity index (χ2v) is 13.2. The molecule has 3 saturated heterocycles. The summed E-state index contributed by atoms with van der Waals surface area (Å²) >= 11 is 13.0. The number of fused-ring (bicyclic) bond motifs is 3. The van der Waals surface area contributed by atoms with Crippen molar-refractivity contribution >= 4 is 41.0 Å². The van der Waals surface area contributed by atoms with Crippen LogP contribution in [0.1, 0.15) is 46.0 Å². The summed E-state index contributed by atoms with van der Waals surface area (Å²) in [6, 6.07) is 19.6. The molecular formula is C38H39Cl2N3O7. The van der Waals surface area contributed by atoms with Crippen molar-refractivity contribution in [3.8, 4) is 17.2 Å². The van der Waals surface area contributed by atoms with Crippen LogP contribution in [-0.2, 0) is 22.4 Å². The molecule has 3 fully saturated rings. The van der Waals surface area contributed by atoms with E-state index >= 15 is 0 Å². The number of ether oxygens (including phenoxy) is 5. The van der Waals surface area contributed by atoms with E-state index in [1.165, 1.54) is 19.5 Å². The van der Waals surface area contributed by atoms with Gasteiger partial charge in [-0.1, -0.05) is 47.5 Å². The zero-order chi connectivity index (χ0) is 35.2. The molecule has 0 unspecified atom stereocenters. The predicted molar refractivity (Wildman–Crippen MR) is 191 cm³/mol. The number of hydrogen-bond acceptors (Lipinski definition) is 9. The fourth-order valence-corrected chi connectivity index (χ4v) is 7.07. The molecule has 50 heavy (non-hydrogen) atoms. The molecule has 7 rings (SSSR count). The van der Waals surface area contributed by atoms with Gasteiger partial charge in [0.15, 0.2) is 11.5 Å². The first-order valence-electron chi connectivity index (χ1n) is 16.4. The summed E-state index contributed by atoms with van der Waals surface area (Å²) in [5, 5.41) is 0.701. The van der Waals surface area contributed by atoms with Crippen molar-refractivity contribution in [1.82, 2.24) is 9.88 Å². The third kappa shape index (κ3) is 8.09. The lowest BCUT2D eigenvalue weighted by Gasteiger charge is -2.44. The van der Waals surface area contributed by atoms with Gasteiger partial charge < -0.3 is 23.7 Å². The van der Waals surface area contributed by atoms with Crippen LogP contribution in [0.2, 0.25) is 10.0 Å². The van der Waals surface area contributed by atoms with Gasteiger partial charge in [-0.2, -0.15) is 0 Å². The molecule has 0 spiro atoms. The molecule has 262 valence electrons. The number of rotatable bonds is 12. The molecule has 1 aromatic heterocycles. The molecule has 10 nitrogen and oxygen atoms in total. The average molecular weight is 721 g/mol. The lowest BCUT2D eigenvalue weighted by atomic mass is 9.86. The molecule has 12 heteroatoms. The number of hydrogen-bond donors (Lipinski definition) is 0. The first-order valence-corrected chi connectivity index (χ1v) is 17.2. The van der Waals surface area contributed by atoms with Gasteiger partial charge in [-0.3, -0.25) is 14.8 Å². The number of amides is 1. The number of piperidine rings is 3. The molecule has 0 aliphatic carbocycles. The molecule has 3 aliphatic heterocycles. The summed E-state index contributed by atoms with van der Waals surface area (Å²) < 4.78 is 28.7. The van der Waals surface area contributed by atoms with Crippen LogP contribution >= 0.6 is 23.2 Å². The van der Waals surface area contributed by atoms with Gasteiger partial charge in [-0.25, -0.2) is 9.59 Å². The van der Waals surface area contributed by atoms with Crippen LogP contribution in [0.25, 0.3) is 0 Å². The maximum absolute atomic E-state index is 13.8. The van der Waals surface area contributed by atoms with Crippen LogP contribution in [0.5, 0.6) is 17.2 Å². The quantitative estimate of drug-likeness (QED) is 0.136. The summed E-state index contributed by atoms with van der Waals surface area (Å²) in [5.74, 6) is 1.39. The zero-order valence-electron chi connectivity index (χ0n) is 28.1. The summed E-state index contributed by atoms with van der Waals surface area (Å²) in [6.45, 7) is 2.96. The predicted octanol–water partition coefficient (Wildman–Crippen LogP) is 7.79. The van der Waals surface area contributed by atoms with Gasteiger partial charge in [0.2, 0.25) is 0 Å². The van der Waals surface area contributed by atoms with Crippen LogP contribution < -0.4 is 19.1 Å². The monoisotopic (exact) mass is 719 g/mol. The van der Waals surface area contributed by atoms with Crippen molar-refractivity contribution in [2.45, 2.75) is 38.0 Å². The van der Waals surface area contributed by atoms with E-state index in [0.29, 0.717) is 61.2 Å². The van der Waals surface area contributed by atoms with Crippen LogP contribution in [-0.4, -0.2) is 69.0 Å². The largest absolute Gasteiger partial charge is 0.497 e. The number of carbonyl (C=O) groups is 2. The molecule has 0 N–H and O–H groups in total. The molecular weight excluding hydrogens is 681 g/mol. The maximum Gasteiger partial charge on any atom is 0.414 e. The molecule has 0 saturated carbocycles. The number of halogens is 2. The van der Waals surface area contributed by atoms with E-state index in [0.717, 1.165) is 32.5 Å². The van der Waals surface area contributed by atoms with E-state index in [1.807, 2.05) is 24.3 Å². The molecule has 3 aliphatic rings. The van der Waals surface area contributed by atoms with Gasteiger partial charge in [0.05, 0.1) is 49.2 Å². The van der Waals surface area contributed by atoms with Crippen molar-refractivity contribution in [3.05, 3.63) is 111 Å². The molecule has 2 atom stereocenters. The molecule has 3 aromatic carbocycles. The average Bonchev–Trinajstić information content (AvgIpc) is 3.15. The van der Waals surface area contributed by atoms with Gasteiger partial charge in [-0.05, 0) is 84.9 Å². The van der Waals surface area contributed by atoms with Crippen molar-refractivity contribution in [3.63, 3.8) is 0 Å². The molecule has 0 radical (unpaired) electrons. The Morgan fingerprint density at radius 2 is 1.64 bits per heavy atom. The highest BCUT2D eigenvalue weighted by molar-refractivity contribution is 6.35. The van der Waals surface area contributed by atoms with Crippen LogP contribution in [0.15, 0.2) is 79.1 Å². The number of nitrogens with zero attached hydrogens (tertiary/aromatic N) is 3. The molecule has 1 amide bonds. The Bertz CT molecular complexity index is 1810. The Kier molecular flexibility index (Phi) is 11.3. The topological polar surface area (TPSA) is 99.7 Å². The second kappa shape index (κ2) is 16.0. The Morgan fingerprint density at radius 3 is 2.32 bits per heavy atom. The van der Waals surface area contributed by atoms with Crippen molar-refractivity contribution < 1.29 is 33.3 Å². The lowest BCUT2D eigenvalue weighted by Crippen LogP contribution is -2.53. The number of aromatic nitrogens is 1. The van der Waals surface area contributed by atoms with E-state index in [-0.39, 0.29) is 19.1 Å². The number of carbonyl (C=O) groups excluding carboxylic acids is 2. The minimum atomic E-state index is -0.798. The van der Waals surface area contributed by atoms with Gasteiger partial charge in [0, 0.05) is 31.4 Å². The number of pyridine rings is 1. The van der Waals surface area contributed by atoms with Gasteiger partial charge in [0.1, 0.15) is 18.0 Å². The van der Waals surface area contributed by atoms with Crippen molar-refractivity contribution in [2.24, 2.45) is 5.92 Å². The minimum Gasteiger partial charge on any atom is -0.497 e. The summed E-state index contributed by atoms with van der Waals surface area (Å²) in [6.07, 6.45) is 3.78. The third-order valence-corrected chi connectivity index (χ3v) is 9.96. The summed E-state index contributed by atoms with van der Waals surface area (Å²) in [4.78, 5) is 35.7. The zero-order valence-corrected chi connectivity index (χ0v) is 29.7. The number of benzene rings is 3. The van der Waals surface area contributed by atoms with Crippen LogP contribution in [0.4, 0.5) is 10.5 Å². The number of esters is 1. The van der Waals surface area contributed by atoms with E-state index in [9.17, 15) is 9.59 Å². The Balaban J connectivity index is 1.26. The Morgan fingerprint density at radius 1 is 0.900 bits per heavy atom. The SMILES string of the molecule is COc1cccc(N(Cc2cccc(C(=O)O[C@@H](Cc3c(Cl)cncc3Cl)c3ccc(OC)c(OC)c3)c2)C(=O)O[C@H]2CN3CCC2CC3)c1. The van der Waals surface area contributed by atoms with Crippen LogP contribution in [0, 0.1) is 5.92 Å². The van der Waals surface area contributed by atoms with E-state index in [2.05, 4.69) is 9.88 Å². The molecule has 4 heterocycles. The summed E-state index contributed by atoms with van der Waals surface area (Å²) in [5.41, 5.74) is 2.85. The lowest BCUT2D eigenvalue weighted by molar-refractivity contribution is -0.0311. The van der Waals surface area contributed by atoms with Gasteiger partial charge >= 0.3 is 12.1 Å². The minimum absolute atomic E-state index is 0.148. The second-order valence-electron chi connectivity index (χ2n) is 12.3. The van der Waals surface area contributed by atoms with E-state index in [4.69, 9.17) is 46.9 Å². The third-order valence-electron chi connectivity index (χ3n) is 9.31. The highest BCUT2D eigenvalue weighted by Gasteiger charge is 2.37. The first-order chi connectivity index (χ1) is 24.3. The highest BCUT2D eigenvalue weighted by atomic mass is 35.5. The van der Waals surface area contributed by atoms with Gasteiger partial charge in [-0.15, -0.1) is 0 Å². The normalized spacial score (nSPS) is 18.5. The number of methoxy groups -OCH3 is 3.